The Kier molecular flexibility index (Phi) is 5.63. The van der Waals surface area contributed by atoms with E-state index in [0.717, 1.165) is 23.4 Å². The van der Waals surface area contributed by atoms with Gasteiger partial charge in [-0.1, -0.05) is 12.1 Å². The number of nitrogens with zero attached hydrogens (tertiary/aromatic N) is 2. The van der Waals surface area contributed by atoms with Crippen LogP contribution in [0.4, 0.5) is 5.69 Å². The maximum atomic E-state index is 12.7. The van der Waals surface area contributed by atoms with Gasteiger partial charge in [0.25, 0.3) is 0 Å². The summed E-state index contributed by atoms with van der Waals surface area (Å²) >= 11 is 1.50. The Morgan fingerprint density at radius 2 is 2.12 bits per heavy atom. The third kappa shape index (κ3) is 3.98. The van der Waals surface area contributed by atoms with Gasteiger partial charge in [0.1, 0.15) is 6.54 Å². The van der Waals surface area contributed by atoms with Crippen LogP contribution in [-0.2, 0) is 19.1 Å². The lowest BCUT2D eigenvalue weighted by Crippen LogP contribution is -2.49. The molecule has 1 atom stereocenters. The number of thioether (sulfide) groups is 1. The largest absolute Gasteiger partial charge is 0.466 e. The number of amides is 2. The summed E-state index contributed by atoms with van der Waals surface area (Å²) in [5.41, 5.74) is 0.788. The molecule has 0 aromatic heterocycles. The highest BCUT2D eigenvalue weighted by Crippen LogP contribution is 2.34. The zero-order valence-electron chi connectivity index (χ0n) is 14.3. The first-order valence-electron chi connectivity index (χ1n) is 8.56. The Morgan fingerprint density at radius 1 is 1.32 bits per heavy atom. The Labute approximate surface area is 151 Å². The predicted molar refractivity (Wildman–Crippen MR) is 95.5 cm³/mol. The number of likely N-dealkylation sites (tertiary alicyclic amines) is 1. The lowest BCUT2D eigenvalue weighted by atomic mass is 9.98. The fraction of sp³-hybridized carbons (Fsp3) is 0.500. The van der Waals surface area contributed by atoms with Gasteiger partial charge in [-0.05, 0) is 31.9 Å². The van der Waals surface area contributed by atoms with E-state index in [-0.39, 0.29) is 30.2 Å². The summed E-state index contributed by atoms with van der Waals surface area (Å²) in [5, 5.41) is 0. The molecule has 25 heavy (non-hydrogen) atoms. The standard InChI is InChI=1S/C18H22N2O4S/c1-2-24-18(23)13-6-5-9-19(10-13)16(21)11-20-14-7-3-4-8-15(14)25-12-17(20)22/h3-4,7-8,13H,2,5-6,9-12H2,1H3/t13-/m1/s1. The number of para-hydroxylation sites is 1. The number of hydrogen-bond acceptors (Lipinski definition) is 5. The van der Waals surface area contributed by atoms with Crippen LogP contribution in [0.1, 0.15) is 19.8 Å². The van der Waals surface area contributed by atoms with Crippen molar-refractivity contribution in [2.24, 2.45) is 5.92 Å². The number of benzene rings is 1. The molecule has 1 aromatic rings. The van der Waals surface area contributed by atoms with Crippen molar-refractivity contribution in [3.8, 4) is 0 Å². The quantitative estimate of drug-likeness (QED) is 0.766. The van der Waals surface area contributed by atoms with E-state index in [1.54, 1.807) is 16.7 Å². The maximum Gasteiger partial charge on any atom is 0.310 e. The predicted octanol–water partition coefficient (Wildman–Crippen LogP) is 1.93. The molecule has 0 radical (unpaired) electrons. The minimum Gasteiger partial charge on any atom is -0.466 e. The summed E-state index contributed by atoms with van der Waals surface area (Å²) < 4.78 is 5.08. The van der Waals surface area contributed by atoms with E-state index in [1.165, 1.54) is 11.8 Å². The Bertz CT molecular complexity index is 679. The van der Waals surface area contributed by atoms with Gasteiger partial charge in [-0.3, -0.25) is 14.4 Å². The Morgan fingerprint density at radius 3 is 2.92 bits per heavy atom. The van der Waals surface area contributed by atoms with Crippen molar-refractivity contribution in [1.29, 1.82) is 0 Å². The molecular weight excluding hydrogens is 340 g/mol. The number of rotatable bonds is 4. The molecule has 6 nitrogen and oxygen atoms in total. The van der Waals surface area contributed by atoms with Crippen LogP contribution in [-0.4, -0.2) is 54.7 Å². The average molecular weight is 362 g/mol. The number of hydrogen-bond donors (Lipinski definition) is 0. The van der Waals surface area contributed by atoms with Crippen molar-refractivity contribution in [1.82, 2.24) is 4.90 Å². The molecule has 1 saturated heterocycles. The van der Waals surface area contributed by atoms with E-state index in [2.05, 4.69) is 0 Å². The second-order valence-corrected chi connectivity index (χ2v) is 7.18. The van der Waals surface area contributed by atoms with E-state index in [1.807, 2.05) is 24.3 Å². The minimum absolute atomic E-state index is 0.0198. The Hall–Kier alpha value is -2.02. The number of fused-ring (bicyclic) bond motifs is 1. The molecule has 1 aromatic carbocycles. The van der Waals surface area contributed by atoms with Gasteiger partial charge in [0.2, 0.25) is 11.8 Å². The molecule has 0 aliphatic carbocycles. The SMILES string of the molecule is CCOC(=O)[C@@H]1CCCN(C(=O)CN2C(=O)CSc3ccccc32)C1. The highest BCUT2D eigenvalue weighted by molar-refractivity contribution is 8.00. The second-order valence-electron chi connectivity index (χ2n) is 6.17. The molecule has 3 rings (SSSR count). The second kappa shape index (κ2) is 7.91. The van der Waals surface area contributed by atoms with Crippen molar-refractivity contribution < 1.29 is 19.1 Å². The molecule has 2 aliphatic rings. The fourth-order valence-electron chi connectivity index (χ4n) is 3.22. The van der Waals surface area contributed by atoms with Gasteiger partial charge < -0.3 is 14.5 Å². The van der Waals surface area contributed by atoms with Crippen molar-refractivity contribution >= 4 is 35.2 Å². The van der Waals surface area contributed by atoms with Crippen LogP contribution in [0.15, 0.2) is 29.2 Å². The summed E-state index contributed by atoms with van der Waals surface area (Å²) in [6.07, 6.45) is 1.51. The van der Waals surface area contributed by atoms with Gasteiger partial charge in [0, 0.05) is 18.0 Å². The van der Waals surface area contributed by atoms with E-state index >= 15 is 0 Å². The molecule has 2 heterocycles. The summed E-state index contributed by atoms with van der Waals surface area (Å²) in [5.74, 6) is -0.344. The molecule has 0 saturated carbocycles. The van der Waals surface area contributed by atoms with Crippen LogP contribution in [0.5, 0.6) is 0 Å². The van der Waals surface area contributed by atoms with Gasteiger partial charge in [-0.15, -0.1) is 11.8 Å². The average Bonchev–Trinajstić information content (AvgIpc) is 2.64. The van der Waals surface area contributed by atoms with Gasteiger partial charge in [0.15, 0.2) is 0 Å². The third-order valence-corrected chi connectivity index (χ3v) is 5.54. The van der Waals surface area contributed by atoms with E-state index in [0.29, 0.717) is 25.4 Å². The summed E-state index contributed by atoms with van der Waals surface area (Å²) in [4.78, 5) is 41.2. The molecule has 2 aliphatic heterocycles. The van der Waals surface area contributed by atoms with Crippen LogP contribution >= 0.6 is 11.8 Å². The maximum absolute atomic E-state index is 12.7. The zero-order valence-corrected chi connectivity index (χ0v) is 15.1. The normalized spacial score (nSPS) is 20.2. The molecule has 1 fully saturated rings. The number of esters is 1. The van der Waals surface area contributed by atoms with Crippen LogP contribution in [0.3, 0.4) is 0 Å². The highest BCUT2D eigenvalue weighted by Gasteiger charge is 2.32. The van der Waals surface area contributed by atoms with Crippen LogP contribution in [0.2, 0.25) is 0 Å². The van der Waals surface area contributed by atoms with E-state index < -0.39 is 0 Å². The first kappa shape index (κ1) is 17.8. The minimum atomic E-state index is -0.266. The molecule has 0 N–H and O–H groups in total. The first-order chi connectivity index (χ1) is 12.1. The molecule has 0 bridgehead atoms. The summed E-state index contributed by atoms with van der Waals surface area (Å²) in [6, 6.07) is 7.62. The van der Waals surface area contributed by atoms with Gasteiger partial charge >= 0.3 is 5.97 Å². The highest BCUT2D eigenvalue weighted by atomic mass is 32.2. The van der Waals surface area contributed by atoms with Gasteiger partial charge in [0.05, 0.1) is 24.0 Å². The lowest BCUT2D eigenvalue weighted by molar-refractivity contribution is -0.151. The molecule has 0 unspecified atom stereocenters. The molecule has 134 valence electrons. The summed E-state index contributed by atoms with van der Waals surface area (Å²) in [6.45, 7) is 3.14. The Balaban J connectivity index is 1.68. The fourth-order valence-corrected chi connectivity index (χ4v) is 4.15. The van der Waals surface area contributed by atoms with Crippen LogP contribution < -0.4 is 4.90 Å². The van der Waals surface area contributed by atoms with Crippen molar-refractivity contribution in [3.05, 3.63) is 24.3 Å². The van der Waals surface area contributed by atoms with Crippen molar-refractivity contribution in [2.45, 2.75) is 24.7 Å². The van der Waals surface area contributed by atoms with Crippen LogP contribution in [0.25, 0.3) is 0 Å². The van der Waals surface area contributed by atoms with Crippen molar-refractivity contribution in [3.63, 3.8) is 0 Å². The number of ether oxygens (including phenoxy) is 1. The molecular formula is C18H22N2O4S. The third-order valence-electron chi connectivity index (χ3n) is 4.50. The van der Waals surface area contributed by atoms with Crippen LogP contribution in [0, 0.1) is 5.92 Å². The molecule has 2 amide bonds. The van der Waals surface area contributed by atoms with Gasteiger partial charge in [-0.25, -0.2) is 0 Å². The topological polar surface area (TPSA) is 66.9 Å². The van der Waals surface area contributed by atoms with E-state index in [9.17, 15) is 14.4 Å². The molecule has 0 spiro atoms. The number of carbonyl (C=O) groups excluding carboxylic acids is 3. The molecule has 7 heteroatoms. The smallest absolute Gasteiger partial charge is 0.310 e. The summed E-state index contributed by atoms with van der Waals surface area (Å²) in [7, 11) is 0. The number of carbonyl (C=O) groups is 3. The number of anilines is 1. The van der Waals surface area contributed by atoms with Crippen molar-refractivity contribution in [2.75, 3.05) is 36.9 Å². The first-order valence-corrected chi connectivity index (χ1v) is 9.55. The van der Waals surface area contributed by atoms with E-state index in [4.69, 9.17) is 4.74 Å². The zero-order chi connectivity index (χ0) is 17.8. The monoisotopic (exact) mass is 362 g/mol. The number of piperidine rings is 1. The lowest BCUT2D eigenvalue weighted by Gasteiger charge is -2.34. The van der Waals surface area contributed by atoms with Gasteiger partial charge in [-0.2, -0.15) is 0 Å².